The molecule has 108 valence electrons. The third-order valence-corrected chi connectivity index (χ3v) is 3.93. The number of aliphatic carboxylic acids is 1. The van der Waals surface area contributed by atoms with Crippen molar-refractivity contribution in [3.63, 3.8) is 0 Å². The molecule has 0 heterocycles. The second kappa shape index (κ2) is 7.13. The fourth-order valence-electron chi connectivity index (χ4n) is 2.79. The van der Waals surface area contributed by atoms with Crippen molar-refractivity contribution in [2.24, 2.45) is 5.92 Å². The molecule has 20 heavy (non-hydrogen) atoms. The lowest BCUT2D eigenvalue weighted by atomic mass is 9.85. The number of hydrogen-bond acceptors (Lipinski definition) is 2. The number of carbonyl (C=O) groups is 1. The van der Waals surface area contributed by atoms with E-state index in [9.17, 15) is 4.79 Å². The SMILES string of the molecule is CCC1CCCC(Oc2ccccc2C=CC(=O)O)C1. The Labute approximate surface area is 120 Å². The van der Waals surface area contributed by atoms with Gasteiger partial charge in [-0.2, -0.15) is 0 Å². The van der Waals surface area contributed by atoms with E-state index in [1.807, 2.05) is 24.3 Å². The quantitative estimate of drug-likeness (QED) is 0.821. The number of rotatable bonds is 5. The number of benzene rings is 1. The molecule has 1 aliphatic carbocycles. The highest BCUT2D eigenvalue weighted by molar-refractivity contribution is 5.85. The van der Waals surface area contributed by atoms with Gasteiger partial charge < -0.3 is 9.84 Å². The molecule has 3 nitrogen and oxygen atoms in total. The molecule has 1 aromatic rings. The van der Waals surface area contributed by atoms with Gasteiger partial charge in [-0.3, -0.25) is 0 Å². The third-order valence-electron chi connectivity index (χ3n) is 3.93. The lowest BCUT2D eigenvalue weighted by Crippen LogP contribution is -2.25. The topological polar surface area (TPSA) is 46.5 Å². The summed E-state index contributed by atoms with van der Waals surface area (Å²) < 4.78 is 6.11. The van der Waals surface area contributed by atoms with Gasteiger partial charge in [-0.1, -0.05) is 38.0 Å². The standard InChI is InChI=1S/C17H22O3/c1-2-13-6-5-8-15(12-13)20-16-9-4-3-7-14(16)10-11-17(18)19/h3-4,7,9-11,13,15H,2,5-6,8,12H2,1H3,(H,18,19). The molecule has 1 fully saturated rings. The van der Waals surface area contributed by atoms with E-state index < -0.39 is 5.97 Å². The normalized spacial score (nSPS) is 22.9. The molecular formula is C17H22O3. The molecule has 0 aliphatic heterocycles. The first-order valence-corrected chi connectivity index (χ1v) is 7.35. The van der Waals surface area contributed by atoms with Crippen LogP contribution in [0.2, 0.25) is 0 Å². The molecule has 2 unspecified atom stereocenters. The molecular weight excluding hydrogens is 252 g/mol. The highest BCUT2D eigenvalue weighted by atomic mass is 16.5. The summed E-state index contributed by atoms with van der Waals surface area (Å²) in [4.78, 5) is 10.6. The van der Waals surface area contributed by atoms with Crippen molar-refractivity contribution in [3.05, 3.63) is 35.9 Å². The highest BCUT2D eigenvalue weighted by Gasteiger charge is 2.22. The Balaban J connectivity index is 2.07. The van der Waals surface area contributed by atoms with Gasteiger partial charge in [0.2, 0.25) is 0 Å². The van der Waals surface area contributed by atoms with Crippen molar-refractivity contribution in [2.45, 2.75) is 45.1 Å². The van der Waals surface area contributed by atoms with Crippen LogP contribution in [0, 0.1) is 5.92 Å². The van der Waals surface area contributed by atoms with Crippen LogP contribution in [0.25, 0.3) is 6.08 Å². The van der Waals surface area contributed by atoms with Crippen LogP contribution in [0.15, 0.2) is 30.3 Å². The average Bonchev–Trinajstić information content (AvgIpc) is 2.46. The van der Waals surface area contributed by atoms with E-state index in [-0.39, 0.29) is 6.10 Å². The lowest BCUT2D eigenvalue weighted by molar-refractivity contribution is -0.131. The molecule has 2 rings (SSSR count). The van der Waals surface area contributed by atoms with Crippen LogP contribution in [-0.2, 0) is 4.79 Å². The van der Waals surface area contributed by atoms with Gasteiger partial charge in [-0.05, 0) is 37.3 Å². The summed E-state index contributed by atoms with van der Waals surface area (Å²) in [7, 11) is 0. The molecule has 0 saturated heterocycles. The van der Waals surface area contributed by atoms with Crippen LogP contribution in [0.3, 0.4) is 0 Å². The zero-order chi connectivity index (χ0) is 14.4. The van der Waals surface area contributed by atoms with Crippen molar-refractivity contribution >= 4 is 12.0 Å². The summed E-state index contributed by atoms with van der Waals surface area (Å²) in [5.74, 6) is 0.603. The Hall–Kier alpha value is -1.77. The summed E-state index contributed by atoms with van der Waals surface area (Å²) in [6, 6.07) is 7.61. The molecule has 2 atom stereocenters. The molecule has 0 radical (unpaired) electrons. The van der Waals surface area contributed by atoms with E-state index in [0.29, 0.717) is 0 Å². The third kappa shape index (κ3) is 4.12. The monoisotopic (exact) mass is 274 g/mol. The Morgan fingerprint density at radius 2 is 2.20 bits per heavy atom. The molecule has 1 saturated carbocycles. The molecule has 1 aliphatic rings. The number of hydrogen-bond donors (Lipinski definition) is 1. The van der Waals surface area contributed by atoms with Crippen molar-refractivity contribution < 1.29 is 14.6 Å². The van der Waals surface area contributed by atoms with Crippen molar-refractivity contribution in [2.75, 3.05) is 0 Å². The Kier molecular flexibility index (Phi) is 5.22. The predicted molar refractivity (Wildman–Crippen MR) is 79.8 cm³/mol. The fourth-order valence-corrected chi connectivity index (χ4v) is 2.79. The summed E-state index contributed by atoms with van der Waals surface area (Å²) in [5, 5.41) is 8.73. The average molecular weight is 274 g/mol. The Bertz CT molecular complexity index is 479. The Morgan fingerprint density at radius 1 is 1.40 bits per heavy atom. The molecule has 0 spiro atoms. The maximum Gasteiger partial charge on any atom is 0.328 e. The molecule has 0 amide bonds. The largest absolute Gasteiger partial charge is 0.490 e. The summed E-state index contributed by atoms with van der Waals surface area (Å²) in [5.41, 5.74) is 0.827. The van der Waals surface area contributed by atoms with Gasteiger partial charge in [0.25, 0.3) is 0 Å². The first kappa shape index (κ1) is 14.6. The fraction of sp³-hybridized carbons (Fsp3) is 0.471. The summed E-state index contributed by atoms with van der Waals surface area (Å²) >= 11 is 0. The van der Waals surface area contributed by atoms with E-state index in [2.05, 4.69) is 6.92 Å². The molecule has 0 aromatic heterocycles. The Morgan fingerprint density at radius 3 is 2.95 bits per heavy atom. The van der Waals surface area contributed by atoms with Crippen LogP contribution < -0.4 is 4.74 Å². The van der Waals surface area contributed by atoms with Gasteiger partial charge in [0.15, 0.2) is 0 Å². The zero-order valence-corrected chi connectivity index (χ0v) is 11.9. The molecule has 3 heteroatoms. The minimum absolute atomic E-state index is 0.257. The molecule has 0 bridgehead atoms. The summed E-state index contributed by atoms with van der Waals surface area (Å²) in [6.07, 6.45) is 8.93. The van der Waals surface area contributed by atoms with E-state index in [0.717, 1.165) is 36.1 Å². The minimum Gasteiger partial charge on any atom is -0.490 e. The van der Waals surface area contributed by atoms with Gasteiger partial charge in [0, 0.05) is 11.6 Å². The van der Waals surface area contributed by atoms with Gasteiger partial charge >= 0.3 is 5.97 Å². The second-order valence-electron chi connectivity index (χ2n) is 5.39. The van der Waals surface area contributed by atoms with Crippen LogP contribution in [0.5, 0.6) is 5.75 Å². The maximum atomic E-state index is 10.6. The molecule has 1 aromatic carbocycles. The number of para-hydroxylation sites is 1. The number of carboxylic acid groups (broad SMARTS) is 1. The van der Waals surface area contributed by atoms with Gasteiger partial charge in [0.1, 0.15) is 5.75 Å². The maximum absolute atomic E-state index is 10.6. The van der Waals surface area contributed by atoms with E-state index in [1.165, 1.54) is 19.3 Å². The van der Waals surface area contributed by atoms with Crippen LogP contribution in [0.1, 0.15) is 44.6 Å². The van der Waals surface area contributed by atoms with Crippen molar-refractivity contribution in [1.29, 1.82) is 0 Å². The van der Waals surface area contributed by atoms with E-state index in [4.69, 9.17) is 9.84 Å². The zero-order valence-electron chi connectivity index (χ0n) is 11.9. The minimum atomic E-state index is -0.941. The van der Waals surface area contributed by atoms with Crippen LogP contribution in [-0.4, -0.2) is 17.2 Å². The van der Waals surface area contributed by atoms with Crippen molar-refractivity contribution in [1.82, 2.24) is 0 Å². The van der Waals surface area contributed by atoms with Gasteiger partial charge in [-0.15, -0.1) is 0 Å². The van der Waals surface area contributed by atoms with Crippen molar-refractivity contribution in [3.8, 4) is 5.75 Å². The second-order valence-corrected chi connectivity index (χ2v) is 5.39. The van der Waals surface area contributed by atoms with Gasteiger partial charge in [-0.25, -0.2) is 4.79 Å². The molecule has 1 N–H and O–H groups in total. The van der Waals surface area contributed by atoms with E-state index >= 15 is 0 Å². The smallest absolute Gasteiger partial charge is 0.328 e. The van der Waals surface area contributed by atoms with E-state index in [1.54, 1.807) is 6.08 Å². The van der Waals surface area contributed by atoms with Crippen LogP contribution in [0.4, 0.5) is 0 Å². The lowest BCUT2D eigenvalue weighted by Gasteiger charge is -2.29. The predicted octanol–water partition coefficient (Wildman–Crippen LogP) is 4.13. The number of carboxylic acids is 1. The van der Waals surface area contributed by atoms with Gasteiger partial charge in [0.05, 0.1) is 6.10 Å². The summed E-state index contributed by atoms with van der Waals surface area (Å²) in [6.45, 7) is 2.23. The number of ether oxygens (including phenoxy) is 1. The highest BCUT2D eigenvalue weighted by Crippen LogP contribution is 2.31. The first-order chi connectivity index (χ1) is 9.69. The van der Waals surface area contributed by atoms with Crippen LogP contribution >= 0.6 is 0 Å². The first-order valence-electron chi connectivity index (χ1n) is 7.35.